The number of carboxylic acids is 1. The molecule has 1 aliphatic rings. The van der Waals surface area contributed by atoms with Crippen molar-refractivity contribution in [2.24, 2.45) is 0 Å². The number of allylic oxidation sites excluding steroid dienone is 2. The van der Waals surface area contributed by atoms with Crippen LogP contribution in [-0.2, 0) is 19.1 Å². The second kappa shape index (κ2) is 4.12. The second-order valence-electron chi connectivity index (χ2n) is 2.59. The van der Waals surface area contributed by atoms with E-state index in [2.05, 4.69) is 4.74 Å². The van der Waals surface area contributed by atoms with E-state index in [1.807, 2.05) is 0 Å². The predicted molar refractivity (Wildman–Crippen MR) is 51.3 cm³/mol. The lowest BCUT2D eigenvalue weighted by Crippen LogP contribution is -2.22. The number of carbonyl (C=O) groups is 2. The summed E-state index contributed by atoms with van der Waals surface area (Å²) in [7, 11) is 1.12. The van der Waals surface area contributed by atoms with E-state index in [9.17, 15) is 9.59 Å². The fraction of sp³-hybridized carbons (Fsp3) is 0.250. The summed E-state index contributed by atoms with van der Waals surface area (Å²) in [5.41, 5.74) is 0. The summed E-state index contributed by atoms with van der Waals surface area (Å²) >= 11 is 11.3. The Morgan fingerprint density at radius 2 is 1.93 bits per heavy atom. The van der Waals surface area contributed by atoms with Gasteiger partial charge in [0.1, 0.15) is 0 Å². The highest BCUT2D eigenvalue weighted by atomic mass is 35.5. The molecule has 5 nitrogen and oxygen atoms in total. The van der Waals surface area contributed by atoms with Crippen LogP contribution in [0.3, 0.4) is 0 Å². The van der Waals surface area contributed by atoms with Crippen molar-refractivity contribution < 1.29 is 24.2 Å². The Kier molecular flexibility index (Phi) is 3.26. The van der Waals surface area contributed by atoms with Gasteiger partial charge < -0.3 is 14.6 Å². The van der Waals surface area contributed by atoms with Crippen molar-refractivity contribution in [1.29, 1.82) is 0 Å². The molecule has 0 aromatic heterocycles. The number of alkyl halides is 2. The number of hydrogen-bond donors (Lipinski definition) is 1. The van der Waals surface area contributed by atoms with Gasteiger partial charge in [-0.2, -0.15) is 0 Å². The molecule has 0 amide bonds. The number of hydrogen-bond acceptors (Lipinski definition) is 4. The molecule has 0 bridgehead atoms. The summed E-state index contributed by atoms with van der Waals surface area (Å²) in [5, 5.41) is 8.65. The fourth-order valence-corrected chi connectivity index (χ4v) is 1.27. The maximum Gasteiger partial charge on any atom is 0.373 e. The van der Waals surface area contributed by atoms with E-state index in [-0.39, 0.29) is 5.76 Å². The van der Waals surface area contributed by atoms with Gasteiger partial charge in [-0.1, -0.05) is 23.2 Å². The molecule has 82 valence electrons. The molecule has 0 fully saturated rings. The van der Waals surface area contributed by atoms with Gasteiger partial charge in [0.15, 0.2) is 4.33 Å². The molecule has 0 radical (unpaired) electrons. The minimum Gasteiger partial charge on any atom is -0.475 e. The highest BCUT2D eigenvalue weighted by Crippen LogP contribution is 2.32. The second-order valence-corrected chi connectivity index (χ2v) is 4.03. The van der Waals surface area contributed by atoms with Gasteiger partial charge in [-0.25, -0.2) is 9.59 Å². The number of ether oxygens (including phenoxy) is 2. The van der Waals surface area contributed by atoms with Crippen LogP contribution in [-0.4, -0.2) is 28.5 Å². The maximum atomic E-state index is 11.1. The Balaban J connectivity index is 3.02. The summed E-state index contributed by atoms with van der Waals surface area (Å²) in [5.74, 6) is -3.12. The SMILES string of the molecule is COC(=O)C1=CC(Cl)(Cl)C=C(C(=O)O)O1. The normalized spacial score (nSPS) is 18.3. The summed E-state index contributed by atoms with van der Waals surface area (Å²) in [6.07, 6.45) is 2.01. The first kappa shape index (κ1) is 11.9. The topological polar surface area (TPSA) is 72.8 Å². The van der Waals surface area contributed by atoms with E-state index in [1.165, 1.54) is 0 Å². The Hall–Kier alpha value is -1.20. The molecule has 0 spiro atoms. The zero-order valence-electron chi connectivity index (χ0n) is 7.49. The Morgan fingerprint density at radius 3 is 2.40 bits per heavy atom. The van der Waals surface area contributed by atoms with E-state index in [1.54, 1.807) is 0 Å². The third-order valence-electron chi connectivity index (χ3n) is 1.46. The van der Waals surface area contributed by atoms with Gasteiger partial charge in [0.2, 0.25) is 11.5 Å². The van der Waals surface area contributed by atoms with E-state index in [0.717, 1.165) is 19.3 Å². The van der Waals surface area contributed by atoms with Crippen LogP contribution in [0.2, 0.25) is 0 Å². The third-order valence-corrected chi connectivity index (χ3v) is 1.90. The molecule has 0 aliphatic carbocycles. The molecule has 7 heteroatoms. The van der Waals surface area contributed by atoms with Crippen molar-refractivity contribution in [3.8, 4) is 0 Å². The predicted octanol–water partition coefficient (Wildman–Crippen LogP) is 1.22. The van der Waals surface area contributed by atoms with Crippen LogP contribution in [0.25, 0.3) is 0 Å². The maximum absolute atomic E-state index is 11.1. The molecule has 0 saturated heterocycles. The van der Waals surface area contributed by atoms with E-state index < -0.39 is 22.0 Å². The molecule has 1 N–H and O–H groups in total. The van der Waals surface area contributed by atoms with Crippen LogP contribution in [0, 0.1) is 0 Å². The molecule has 1 rings (SSSR count). The van der Waals surface area contributed by atoms with E-state index >= 15 is 0 Å². The van der Waals surface area contributed by atoms with Crippen LogP contribution in [0.4, 0.5) is 0 Å². The quantitative estimate of drug-likeness (QED) is 0.591. The molecular weight excluding hydrogens is 247 g/mol. The largest absolute Gasteiger partial charge is 0.475 e. The van der Waals surface area contributed by atoms with Gasteiger partial charge in [0.05, 0.1) is 7.11 Å². The van der Waals surface area contributed by atoms with Gasteiger partial charge >= 0.3 is 11.9 Å². The lowest BCUT2D eigenvalue weighted by atomic mass is 10.2. The number of halogens is 2. The minimum atomic E-state index is -1.60. The fourth-order valence-electron chi connectivity index (χ4n) is 0.875. The molecular formula is C8H6Cl2O5. The average Bonchev–Trinajstić information content (AvgIpc) is 2.14. The molecule has 0 saturated carbocycles. The number of rotatable bonds is 2. The first-order valence-electron chi connectivity index (χ1n) is 3.69. The Bertz CT molecular complexity index is 369. The van der Waals surface area contributed by atoms with Gasteiger partial charge in [-0.05, 0) is 0 Å². The Morgan fingerprint density at radius 1 is 1.40 bits per heavy atom. The first-order valence-corrected chi connectivity index (χ1v) is 4.44. The lowest BCUT2D eigenvalue weighted by Gasteiger charge is -2.19. The molecule has 1 heterocycles. The molecule has 15 heavy (non-hydrogen) atoms. The van der Waals surface area contributed by atoms with Crippen molar-refractivity contribution in [3.63, 3.8) is 0 Å². The van der Waals surface area contributed by atoms with Crippen molar-refractivity contribution in [2.75, 3.05) is 7.11 Å². The number of carboxylic acid groups (broad SMARTS) is 1. The average molecular weight is 253 g/mol. The monoisotopic (exact) mass is 252 g/mol. The molecule has 0 atom stereocenters. The van der Waals surface area contributed by atoms with Crippen LogP contribution in [0.15, 0.2) is 23.7 Å². The van der Waals surface area contributed by atoms with Crippen molar-refractivity contribution in [2.45, 2.75) is 4.33 Å². The summed E-state index contributed by atoms with van der Waals surface area (Å²) < 4.78 is 7.46. The summed E-state index contributed by atoms with van der Waals surface area (Å²) in [6.45, 7) is 0. The lowest BCUT2D eigenvalue weighted by molar-refractivity contribution is -0.141. The van der Waals surface area contributed by atoms with Gasteiger partial charge in [-0.15, -0.1) is 0 Å². The molecule has 0 aromatic rings. The first-order chi connectivity index (χ1) is 6.85. The highest BCUT2D eigenvalue weighted by molar-refractivity contribution is 6.51. The smallest absolute Gasteiger partial charge is 0.373 e. The van der Waals surface area contributed by atoms with Gasteiger partial charge in [-0.3, -0.25) is 0 Å². The number of esters is 1. The number of carbonyl (C=O) groups excluding carboxylic acids is 1. The van der Waals surface area contributed by atoms with Crippen molar-refractivity contribution in [3.05, 3.63) is 23.7 Å². The van der Waals surface area contributed by atoms with Crippen molar-refractivity contribution >= 4 is 35.1 Å². The number of methoxy groups -OCH3 is 1. The molecule has 0 unspecified atom stereocenters. The summed E-state index contributed by atoms with van der Waals surface area (Å²) in [4.78, 5) is 21.7. The van der Waals surface area contributed by atoms with Gasteiger partial charge in [0.25, 0.3) is 0 Å². The van der Waals surface area contributed by atoms with Crippen LogP contribution in [0.5, 0.6) is 0 Å². The van der Waals surface area contributed by atoms with Crippen LogP contribution < -0.4 is 0 Å². The summed E-state index contributed by atoms with van der Waals surface area (Å²) in [6, 6.07) is 0. The van der Waals surface area contributed by atoms with Crippen molar-refractivity contribution in [1.82, 2.24) is 0 Å². The zero-order valence-corrected chi connectivity index (χ0v) is 9.00. The Labute approximate surface area is 94.9 Å². The highest BCUT2D eigenvalue weighted by Gasteiger charge is 2.32. The standard InChI is InChI=1S/C8H6Cl2O5/c1-14-7(13)5-3-8(9,10)2-4(15-5)6(11)12/h2-3H,1H3,(H,11,12). The number of aliphatic carboxylic acids is 1. The third kappa shape index (κ3) is 2.87. The van der Waals surface area contributed by atoms with Gasteiger partial charge in [0, 0.05) is 12.2 Å². The van der Waals surface area contributed by atoms with E-state index in [0.29, 0.717) is 0 Å². The minimum absolute atomic E-state index is 0.359. The van der Waals surface area contributed by atoms with E-state index in [4.69, 9.17) is 33.0 Å². The molecule has 1 aliphatic heterocycles. The van der Waals surface area contributed by atoms with Crippen LogP contribution in [0.1, 0.15) is 0 Å². The molecule has 0 aromatic carbocycles. The zero-order chi connectivity index (χ0) is 11.6. The van der Waals surface area contributed by atoms with Crippen LogP contribution >= 0.6 is 23.2 Å².